The summed E-state index contributed by atoms with van der Waals surface area (Å²) in [5, 5.41) is 0. The molecule has 0 saturated heterocycles. The van der Waals surface area contributed by atoms with E-state index in [4.69, 9.17) is 0 Å². The van der Waals surface area contributed by atoms with E-state index in [1.54, 1.807) is 30.3 Å². The second-order valence-electron chi connectivity index (χ2n) is 7.01. The molecule has 5 nitrogen and oxygen atoms in total. The Morgan fingerprint density at radius 3 is 2.37 bits per heavy atom. The minimum absolute atomic E-state index is 0.0510. The van der Waals surface area contributed by atoms with Gasteiger partial charge in [0.2, 0.25) is 10.0 Å². The molecule has 6 heteroatoms. The molecule has 3 rings (SSSR count). The van der Waals surface area contributed by atoms with Gasteiger partial charge in [-0.3, -0.25) is 4.79 Å². The topological polar surface area (TPSA) is 72.5 Å². The Morgan fingerprint density at radius 2 is 1.70 bits per heavy atom. The maximum Gasteiger partial charge on any atom is 0.309 e. The van der Waals surface area contributed by atoms with E-state index >= 15 is 0 Å². The summed E-state index contributed by atoms with van der Waals surface area (Å²) in [6, 6.07) is 16.4. The average molecular weight is 388 g/mol. The van der Waals surface area contributed by atoms with Crippen LogP contribution in [0.5, 0.6) is 0 Å². The molecule has 0 radical (unpaired) electrons. The highest BCUT2D eigenvalue weighted by Gasteiger charge is 2.31. The molecule has 2 aromatic carbocycles. The minimum Gasteiger partial charge on any atom is -0.469 e. The smallest absolute Gasteiger partial charge is 0.309 e. The molecule has 0 amide bonds. The van der Waals surface area contributed by atoms with Gasteiger partial charge in [0.15, 0.2) is 0 Å². The highest BCUT2D eigenvalue weighted by Crippen LogP contribution is 2.30. The van der Waals surface area contributed by atoms with E-state index in [2.05, 4.69) is 9.46 Å². The van der Waals surface area contributed by atoms with Crippen molar-refractivity contribution in [3.63, 3.8) is 0 Å². The van der Waals surface area contributed by atoms with E-state index < -0.39 is 10.0 Å². The summed E-state index contributed by atoms with van der Waals surface area (Å²) in [6.07, 6.45) is 3.97. The summed E-state index contributed by atoms with van der Waals surface area (Å²) < 4.78 is 32.8. The van der Waals surface area contributed by atoms with Gasteiger partial charge in [0.05, 0.1) is 18.4 Å². The van der Waals surface area contributed by atoms with Crippen LogP contribution in [0, 0.1) is 5.92 Å². The number of esters is 1. The lowest BCUT2D eigenvalue weighted by molar-refractivity contribution is -0.139. The molecule has 27 heavy (non-hydrogen) atoms. The van der Waals surface area contributed by atoms with E-state index in [1.807, 2.05) is 24.3 Å². The summed E-state index contributed by atoms with van der Waals surface area (Å²) in [4.78, 5) is 11.7. The molecule has 1 aliphatic rings. The van der Waals surface area contributed by atoms with Crippen LogP contribution in [0.1, 0.15) is 30.4 Å². The molecule has 0 spiro atoms. The average Bonchev–Trinajstić information content (AvgIpc) is 3.10. The fraction of sp³-hybridized carbons (Fsp3) is 0.381. The quantitative estimate of drug-likeness (QED) is 0.741. The van der Waals surface area contributed by atoms with Gasteiger partial charge in [-0.1, -0.05) is 48.9 Å². The molecule has 0 heterocycles. The second kappa shape index (κ2) is 8.67. The van der Waals surface area contributed by atoms with E-state index in [9.17, 15) is 13.2 Å². The maximum absolute atomic E-state index is 12.6. The van der Waals surface area contributed by atoms with E-state index in [-0.39, 0.29) is 24.3 Å². The number of ether oxygens (including phenoxy) is 1. The monoisotopic (exact) mass is 387 g/mol. The number of carbonyl (C=O) groups excluding carboxylic acids is 1. The first-order valence-corrected chi connectivity index (χ1v) is 10.7. The molecular weight excluding hydrogens is 362 g/mol. The van der Waals surface area contributed by atoms with Gasteiger partial charge in [0.1, 0.15) is 0 Å². The molecule has 0 aliphatic heterocycles. The number of hydrogen-bond donors (Lipinski definition) is 1. The number of benzene rings is 2. The largest absolute Gasteiger partial charge is 0.469 e. The third-order valence-corrected chi connectivity index (χ3v) is 6.62. The van der Waals surface area contributed by atoms with Crippen molar-refractivity contribution in [1.29, 1.82) is 0 Å². The van der Waals surface area contributed by atoms with Gasteiger partial charge in [-0.2, -0.15) is 0 Å². The van der Waals surface area contributed by atoms with Crippen LogP contribution in [0.4, 0.5) is 0 Å². The molecule has 2 aromatic rings. The van der Waals surface area contributed by atoms with Gasteiger partial charge in [0.25, 0.3) is 0 Å². The van der Waals surface area contributed by atoms with Crippen molar-refractivity contribution in [3.8, 4) is 0 Å². The minimum atomic E-state index is -3.49. The highest BCUT2D eigenvalue weighted by atomic mass is 32.2. The normalized spacial score (nSPS) is 19.7. The molecule has 2 atom stereocenters. The lowest BCUT2D eigenvalue weighted by Gasteiger charge is -2.21. The Hall–Kier alpha value is -2.18. The van der Waals surface area contributed by atoms with E-state index in [0.717, 1.165) is 36.8 Å². The van der Waals surface area contributed by atoms with Gasteiger partial charge < -0.3 is 4.74 Å². The van der Waals surface area contributed by atoms with Crippen molar-refractivity contribution < 1.29 is 17.9 Å². The number of nitrogens with one attached hydrogen (secondary N) is 1. The number of methoxy groups -OCH3 is 1. The Balaban J connectivity index is 1.64. The predicted octanol–water partition coefficient (Wildman–Crippen LogP) is 3.09. The molecular formula is C21H25NO4S. The van der Waals surface area contributed by atoms with Crippen LogP contribution in [-0.2, 0) is 32.4 Å². The lowest BCUT2D eigenvalue weighted by Crippen LogP contribution is -2.38. The predicted molar refractivity (Wildman–Crippen MR) is 104 cm³/mol. The van der Waals surface area contributed by atoms with Crippen molar-refractivity contribution in [1.82, 2.24) is 4.72 Å². The van der Waals surface area contributed by atoms with Crippen LogP contribution in [-0.4, -0.2) is 27.5 Å². The van der Waals surface area contributed by atoms with Gasteiger partial charge in [-0.15, -0.1) is 0 Å². The van der Waals surface area contributed by atoms with Crippen molar-refractivity contribution in [2.75, 3.05) is 7.11 Å². The van der Waals surface area contributed by atoms with Crippen LogP contribution in [0.25, 0.3) is 0 Å². The molecule has 0 unspecified atom stereocenters. The summed E-state index contributed by atoms with van der Waals surface area (Å²) in [7, 11) is -2.11. The zero-order valence-electron chi connectivity index (χ0n) is 15.4. The van der Waals surface area contributed by atoms with Gasteiger partial charge in [-0.25, -0.2) is 13.1 Å². The first-order valence-electron chi connectivity index (χ1n) is 9.20. The Bertz CT molecular complexity index is 863. The standard InChI is InChI=1S/C21H25NO4S/c1-26-21(23)15-17-12-10-16(11-13-17)14-18-6-5-9-20(18)22-27(24,25)19-7-3-2-4-8-19/h2-4,7-8,10-13,18,20,22H,5-6,9,14-15H2,1H3/t18-,20+/m0/s1. The molecule has 1 fully saturated rings. The number of sulfonamides is 1. The van der Waals surface area contributed by atoms with Crippen molar-refractivity contribution >= 4 is 16.0 Å². The lowest BCUT2D eigenvalue weighted by atomic mass is 9.94. The number of hydrogen-bond acceptors (Lipinski definition) is 4. The van der Waals surface area contributed by atoms with Crippen LogP contribution in [0.15, 0.2) is 59.5 Å². The summed E-state index contributed by atoms with van der Waals surface area (Å²) in [5.41, 5.74) is 2.07. The third-order valence-electron chi connectivity index (χ3n) is 5.12. The second-order valence-corrected chi connectivity index (χ2v) is 8.72. The molecule has 1 saturated carbocycles. The van der Waals surface area contributed by atoms with Crippen molar-refractivity contribution in [3.05, 3.63) is 65.7 Å². The highest BCUT2D eigenvalue weighted by molar-refractivity contribution is 7.89. The Kier molecular flexibility index (Phi) is 6.29. The number of rotatable bonds is 7. The first-order chi connectivity index (χ1) is 13.0. The summed E-state index contributed by atoms with van der Waals surface area (Å²) in [6.45, 7) is 0. The maximum atomic E-state index is 12.6. The molecule has 1 aliphatic carbocycles. The van der Waals surface area contributed by atoms with Crippen molar-refractivity contribution in [2.45, 2.75) is 43.0 Å². The van der Waals surface area contributed by atoms with Crippen LogP contribution >= 0.6 is 0 Å². The third kappa shape index (κ3) is 5.17. The zero-order chi connectivity index (χ0) is 19.3. The van der Waals surface area contributed by atoms with Crippen LogP contribution in [0.2, 0.25) is 0 Å². The number of carbonyl (C=O) groups is 1. The summed E-state index contributed by atoms with van der Waals surface area (Å²) >= 11 is 0. The molecule has 0 aromatic heterocycles. The zero-order valence-corrected chi connectivity index (χ0v) is 16.2. The Labute approximate surface area is 160 Å². The molecule has 0 bridgehead atoms. The van der Waals surface area contributed by atoms with E-state index in [0.29, 0.717) is 4.90 Å². The van der Waals surface area contributed by atoms with Crippen LogP contribution < -0.4 is 4.72 Å². The van der Waals surface area contributed by atoms with Gasteiger partial charge >= 0.3 is 5.97 Å². The SMILES string of the molecule is COC(=O)Cc1ccc(C[C@@H]2CCC[C@H]2NS(=O)(=O)c2ccccc2)cc1. The van der Waals surface area contributed by atoms with Crippen molar-refractivity contribution in [2.24, 2.45) is 5.92 Å². The fourth-order valence-corrected chi connectivity index (χ4v) is 5.00. The Morgan fingerprint density at radius 1 is 1.04 bits per heavy atom. The summed E-state index contributed by atoms with van der Waals surface area (Å²) in [5.74, 6) is 0.0175. The van der Waals surface area contributed by atoms with E-state index in [1.165, 1.54) is 7.11 Å². The fourth-order valence-electron chi connectivity index (χ4n) is 3.64. The van der Waals surface area contributed by atoms with Crippen LogP contribution in [0.3, 0.4) is 0 Å². The first kappa shape index (κ1) is 19.6. The van der Waals surface area contributed by atoms with Gasteiger partial charge in [-0.05, 0) is 48.4 Å². The van der Waals surface area contributed by atoms with Gasteiger partial charge in [0, 0.05) is 6.04 Å². The molecule has 144 valence electrons. The molecule has 1 N–H and O–H groups in total.